The minimum absolute atomic E-state index is 0.0493. The van der Waals surface area contributed by atoms with Gasteiger partial charge in [0.2, 0.25) is 5.88 Å². The number of hydrogen-bond acceptors (Lipinski definition) is 4. The molecule has 1 unspecified atom stereocenters. The highest BCUT2D eigenvalue weighted by atomic mass is 16.5. The van der Waals surface area contributed by atoms with Gasteiger partial charge in [0.15, 0.2) is 0 Å². The van der Waals surface area contributed by atoms with Crippen molar-refractivity contribution in [2.24, 2.45) is 11.7 Å². The first kappa shape index (κ1) is 11.3. The third kappa shape index (κ3) is 2.50. The van der Waals surface area contributed by atoms with Gasteiger partial charge in [0, 0.05) is 12.4 Å². The maximum atomic E-state index is 6.17. The van der Waals surface area contributed by atoms with Gasteiger partial charge in [-0.1, -0.05) is 25.7 Å². The van der Waals surface area contributed by atoms with Crippen LogP contribution in [0.1, 0.15) is 43.8 Å². The van der Waals surface area contributed by atoms with Gasteiger partial charge in [0.25, 0.3) is 0 Å². The summed E-state index contributed by atoms with van der Waals surface area (Å²) < 4.78 is 5.18. The Bertz CT molecular complexity index is 337. The Balaban J connectivity index is 2.04. The average Bonchev–Trinajstić information content (AvgIpc) is 2.81. The maximum absolute atomic E-state index is 6.17. The molecule has 1 aliphatic carbocycles. The molecule has 16 heavy (non-hydrogen) atoms. The van der Waals surface area contributed by atoms with Gasteiger partial charge in [-0.25, -0.2) is 4.98 Å². The van der Waals surface area contributed by atoms with Crippen molar-refractivity contribution in [2.45, 2.75) is 38.1 Å². The molecular weight excluding hydrogens is 202 g/mol. The van der Waals surface area contributed by atoms with E-state index < -0.39 is 0 Å². The van der Waals surface area contributed by atoms with E-state index in [1.807, 2.05) is 0 Å². The second-order valence-electron chi connectivity index (χ2n) is 4.44. The van der Waals surface area contributed by atoms with E-state index in [1.54, 1.807) is 19.5 Å². The molecule has 1 saturated carbocycles. The molecule has 1 fully saturated rings. The number of nitrogens with two attached hydrogens (primary N) is 1. The fraction of sp³-hybridized carbons (Fsp3) is 0.667. The molecule has 1 aromatic rings. The molecule has 2 N–H and O–H groups in total. The topological polar surface area (TPSA) is 61.0 Å². The van der Waals surface area contributed by atoms with Gasteiger partial charge in [-0.05, 0) is 12.3 Å². The molecule has 1 aliphatic rings. The van der Waals surface area contributed by atoms with E-state index in [-0.39, 0.29) is 6.04 Å². The summed E-state index contributed by atoms with van der Waals surface area (Å²) in [7, 11) is 1.61. The summed E-state index contributed by atoms with van der Waals surface area (Å²) >= 11 is 0. The van der Waals surface area contributed by atoms with Gasteiger partial charge < -0.3 is 10.5 Å². The zero-order valence-electron chi connectivity index (χ0n) is 9.72. The third-order valence-corrected chi connectivity index (χ3v) is 3.30. The second kappa shape index (κ2) is 5.25. The molecule has 0 radical (unpaired) electrons. The predicted molar refractivity (Wildman–Crippen MR) is 62.1 cm³/mol. The minimum Gasteiger partial charge on any atom is -0.480 e. The zero-order valence-corrected chi connectivity index (χ0v) is 9.72. The number of aromatic nitrogens is 2. The number of rotatable bonds is 4. The lowest BCUT2D eigenvalue weighted by Gasteiger charge is -2.16. The van der Waals surface area contributed by atoms with Crippen LogP contribution < -0.4 is 10.5 Å². The fourth-order valence-electron chi connectivity index (χ4n) is 2.46. The monoisotopic (exact) mass is 221 g/mol. The highest BCUT2D eigenvalue weighted by Crippen LogP contribution is 2.33. The Hall–Kier alpha value is -1.16. The van der Waals surface area contributed by atoms with Crippen LogP contribution in [0.15, 0.2) is 12.4 Å². The first-order valence-electron chi connectivity index (χ1n) is 5.91. The van der Waals surface area contributed by atoms with Gasteiger partial charge in [-0.3, -0.25) is 4.98 Å². The van der Waals surface area contributed by atoms with Crippen molar-refractivity contribution in [3.8, 4) is 5.88 Å². The van der Waals surface area contributed by atoms with Crippen LogP contribution in [-0.2, 0) is 0 Å². The van der Waals surface area contributed by atoms with Gasteiger partial charge in [0.05, 0.1) is 13.2 Å². The van der Waals surface area contributed by atoms with Crippen molar-refractivity contribution in [2.75, 3.05) is 7.11 Å². The molecule has 0 aliphatic heterocycles. The summed E-state index contributed by atoms with van der Waals surface area (Å²) in [6.45, 7) is 0. The molecule has 1 aromatic heterocycles. The smallest absolute Gasteiger partial charge is 0.236 e. The van der Waals surface area contributed by atoms with E-state index in [1.165, 1.54) is 25.7 Å². The van der Waals surface area contributed by atoms with Crippen LogP contribution in [0.2, 0.25) is 0 Å². The van der Waals surface area contributed by atoms with Gasteiger partial charge in [-0.15, -0.1) is 0 Å². The van der Waals surface area contributed by atoms with Crippen molar-refractivity contribution in [1.29, 1.82) is 0 Å². The van der Waals surface area contributed by atoms with E-state index in [2.05, 4.69) is 9.97 Å². The van der Waals surface area contributed by atoms with Crippen LogP contribution in [-0.4, -0.2) is 17.1 Å². The highest BCUT2D eigenvalue weighted by Gasteiger charge is 2.22. The second-order valence-corrected chi connectivity index (χ2v) is 4.44. The molecule has 1 heterocycles. The number of hydrogen-bond donors (Lipinski definition) is 1. The Labute approximate surface area is 96.2 Å². The SMILES string of the molecule is COc1nccnc1C(N)CC1CCCC1. The number of ether oxygens (including phenoxy) is 1. The van der Waals surface area contributed by atoms with E-state index in [0.29, 0.717) is 5.88 Å². The van der Waals surface area contributed by atoms with Crippen molar-refractivity contribution in [1.82, 2.24) is 9.97 Å². The Morgan fingerprint density at radius 2 is 2.06 bits per heavy atom. The number of methoxy groups -OCH3 is 1. The maximum Gasteiger partial charge on any atom is 0.236 e. The molecule has 1 atom stereocenters. The molecule has 0 saturated heterocycles. The molecule has 88 valence electrons. The summed E-state index contributed by atoms with van der Waals surface area (Å²) in [6.07, 6.45) is 9.59. The van der Waals surface area contributed by atoms with Crippen LogP contribution in [0.5, 0.6) is 5.88 Å². The molecule has 0 amide bonds. The zero-order chi connectivity index (χ0) is 11.4. The van der Waals surface area contributed by atoms with Crippen LogP contribution in [0.3, 0.4) is 0 Å². The lowest BCUT2D eigenvalue weighted by molar-refractivity contribution is 0.373. The first-order chi connectivity index (χ1) is 7.81. The Morgan fingerprint density at radius 3 is 2.75 bits per heavy atom. The first-order valence-corrected chi connectivity index (χ1v) is 5.91. The summed E-state index contributed by atoms with van der Waals surface area (Å²) in [5, 5.41) is 0. The van der Waals surface area contributed by atoms with Crippen molar-refractivity contribution in [3.63, 3.8) is 0 Å². The molecule has 4 heteroatoms. The van der Waals surface area contributed by atoms with Gasteiger partial charge in [0.1, 0.15) is 5.69 Å². The molecule has 0 bridgehead atoms. The van der Waals surface area contributed by atoms with Crippen LogP contribution in [0.4, 0.5) is 0 Å². The van der Waals surface area contributed by atoms with Gasteiger partial charge >= 0.3 is 0 Å². The molecule has 4 nitrogen and oxygen atoms in total. The summed E-state index contributed by atoms with van der Waals surface area (Å²) in [5.41, 5.74) is 6.96. The molecular formula is C12H19N3O. The Kier molecular flexibility index (Phi) is 3.72. The van der Waals surface area contributed by atoms with Crippen molar-refractivity contribution >= 4 is 0 Å². The predicted octanol–water partition coefficient (Wildman–Crippen LogP) is 2.07. The lowest BCUT2D eigenvalue weighted by Crippen LogP contribution is -2.17. The molecule has 2 rings (SSSR count). The van der Waals surface area contributed by atoms with Crippen LogP contribution in [0.25, 0.3) is 0 Å². The summed E-state index contributed by atoms with van der Waals surface area (Å²) in [6, 6.07) is -0.0493. The van der Waals surface area contributed by atoms with E-state index >= 15 is 0 Å². The van der Waals surface area contributed by atoms with Crippen molar-refractivity contribution in [3.05, 3.63) is 18.1 Å². The fourth-order valence-corrected chi connectivity index (χ4v) is 2.46. The van der Waals surface area contributed by atoms with Crippen LogP contribution in [0, 0.1) is 5.92 Å². The van der Waals surface area contributed by atoms with E-state index in [0.717, 1.165) is 18.0 Å². The largest absolute Gasteiger partial charge is 0.480 e. The summed E-state index contributed by atoms with van der Waals surface area (Å²) in [5.74, 6) is 1.31. The quantitative estimate of drug-likeness (QED) is 0.845. The molecule has 0 aromatic carbocycles. The van der Waals surface area contributed by atoms with Crippen LogP contribution >= 0.6 is 0 Å². The third-order valence-electron chi connectivity index (χ3n) is 3.30. The van der Waals surface area contributed by atoms with Crippen molar-refractivity contribution < 1.29 is 4.74 Å². The standard InChI is InChI=1S/C12H19N3O/c1-16-12-11(14-6-7-15-12)10(13)8-9-4-2-3-5-9/h6-7,9-10H,2-5,8,13H2,1H3. The average molecular weight is 221 g/mol. The lowest BCUT2D eigenvalue weighted by atomic mass is 9.97. The Morgan fingerprint density at radius 1 is 1.38 bits per heavy atom. The number of nitrogens with zero attached hydrogens (tertiary/aromatic N) is 2. The normalized spacial score (nSPS) is 18.6. The molecule has 0 spiro atoms. The highest BCUT2D eigenvalue weighted by molar-refractivity contribution is 5.20. The van der Waals surface area contributed by atoms with Gasteiger partial charge in [-0.2, -0.15) is 0 Å². The summed E-state index contributed by atoms with van der Waals surface area (Å²) in [4.78, 5) is 8.41. The van der Waals surface area contributed by atoms with E-state index in [9.17, 15) is 0 Å². The van der Waals surface area contributed by atoms with E-state index in [4.69, 9.17) is 10.5 Å². The minimum atomic E-state index is -0.0493.